The van der Waals surface area contributed by atoms with Gasteiger partial charge >= 0.3 is 0 Å². The van der Waals surface area contributed by atoms with E-state index in [1.54, 1.807) is 0 Å². The lowest BCUT2D eigenvalue weighted by molar-refractivity contribution is 0.286. The second-order valence-corrected chi connectivity index (χ2v) is 5.83. The van der Waals surface area contributed by atoms with E-state index in [1.807, 2.05) is 0 Å². The number of hydrogen-bond acceptors (Lipinski definition) is 1. The Balaban J connectivity index is 1.64. The van der Waals surface area contributed by atoms with E-state index >= 15 is 0 Å². The van der Waals surface area contributed by atoms with Gasteiger partial charge in [-0.1, -0.05) is 42.2 Å². The number of fused-ring (bicyclic) bond motifs is 1. The number of nitrogens with zero attached hydrogens (tertiary/aromatic N) is 1. The van der Waals surface area contributed by atoms with E-state index in [4.69, 9.17) is 0 Å². The third-order valence-corrected chi connectivity index (χ3v) is 4.25. The van der Waals surface area contributed by atoms with E-state index in [-0.39, 0.29) is 0 Å². The lowest BCUT2D eigenvalue weighted by Crippen LogP contribution is -2.30. The highest BCUT2D eigenvalue weighted by Crippen LogP contribution is 2.17. The minimum absolute atomic E-state index is 0.848. The van der Waals surface area contributed by atoms with Crippen molar-refractivity contribution in [2.75, 3.05) is 13.1 Å². The highest BCUT2D eigenvalue weighted by Gasteiger charge is 2.13. The molecule has 0 aliphatic carbocycles. The summed E-state index contributed by atoms with van der Waals surface area (Å²) < 4.78 is 0. The lowest BCUT2D eigenvalue weighted by atomic mass is 10.00. The Bertz CT molecular complexity index is 703. The average Bonchev–Trinajstić information content (AvgIpc) is 2.51. The van der Waals surface area contributed by atoms with Crippen LogP contribution in [0.5, 0.6) is 0 Å². The molecule has 21 heavy (non-hydrogen) atoms. The molecule has 0 radical (unpaired) electrons. The van der Waals surface area contributed by atoms with E-state index in [9.17, 15) is 0 Å². The standard InChI is InChI=1S/C20H21N/c1-16-9-10-18(14-17(16)2)6-5-12-21-13-11-19-7-3-4-8-20(19)15-21/h3-4,7-10,14H,11-13,15H2,1-2H3. The van der Waals surface area contributed by atoms with Crippen LogP contribution in [0.4, 0.5) is 0 Å². The molecule has 0 aromatic heterocycles. The zero-order valence-electron chi connectivity index (χ0n) is 12.8. The van der Waals surface area contributed by atoms with Gasteiger partial charge in [0.25, 0.3) is 0 Å². The van der Waals surface area contributed by atoms with Crippen LogP contribution in [0.2, 0.25) is 0 Å². The largest absolute Gasteiger partial charge is 0.288 e. The molecule has 0 amide bonds. The molecule has 0 fully saturated rings. The van der Waals surface area contributed by atoms with Crippen LogP contribution in [0, 0.1) is 25.7 Å². The Morgan fingerprint density at radius 2 is 1.81 bits per heavy atom. The summed E-state index contributed by atoms with van der Waals surface area (Å²) in [7, 11) is 0. The summed E-state index contributed by atoms with van der Waals surface area (Å²) in [4.78, 5) is 2.43. The summed E-state index contributed by atoms with van der Waals surface area (Å²) in [5, 5.41) is 0. The van der Waals surface area contributed by atoms with Crippen LogP contribution in [0.15, 0.2) is 42.5 Å². The molecule has 1 heterocycles. The Hall–Kier alpha value is -2.04. The Morgan fingerprint density at radius 3 is 2.62 bits per heavy atom. The van der Waals surface area contributed by atoms with E-state index in [0.29, 0.717) is 0 Å². The van der Waals surface area contributed by atoms with Gasteiger partial charge in [-0.15, -0.1) is 0 Å². The first-order chi connectivity index (χ1) is 10.2. The predicted molar refractivity (Wildman–Crippen MR) is 88.2 cm³/mol. The highest BCUT2D eigenvalue weighted by atomic mass is 15.1. The van der Waals surface area contributed by atoms with Gasteiger partial charge in [-0.2, -0.15) is 0 Å². The van der Waals surface area contributed by atoms with E-state index in [0.717, 1.165) is 31.6 Å². The van der Waals surface area contributed by atoms with Crippen LogP contribution in [0.25, 0.3) is 0 Å². The molecule has 2 aromatic rings. The lowest BCUT2D eigenvalue weighted by Gasteiger charge is -2.26. The molecule has 0 unspecified atom stereocenters. The van der Waals surface area contributed by atoms with Crippen LogP contribution in [-0.2, 0) is 13.0 Å². The molecule has 0 N–H and O–H groups in total. The van der Waals surface area contributed by atoms with Crippen molar-refractivity contribution in [3.8, 4) is 11.8 Å². The van der Waals surface area contributed by atoms with Gasteiger partial charge in [-0.05, 0) is 54.7 Å². The van der Waals surface area contributed by atoms with Crippen LogP contribution in [0.3, 0.4) is 0 Å². The molecule has 0 saturated carbocycles. The van der Waals surface area contributed by atoms with Crippen molar-refractivity contribution in [2.24, 2.45) is 0 Å². The van der Waals surface area contributed by atoms with Crippen molar-refractivity contribution in [2.45, 2.75) is 26.8 Å². The zero-order valence-corrected chi connectivity index (χ0v) is 12.8. The van der Waals surface area contributed by atoms with Gasteiger partial charge in [-0.3, -0.25) is 4.90 Å². The second-order valence-electron chi connectivity index (χ2n) is 5.83. The molecule has 0 saturated heterocycles. The molecule has 3 rings (SSSR count). The molecule has 0 atom stereocenters. The third-order valence-electron chi connectivity index (χ3n) is 4.25. The number of rotatable bonds is 1. The summed E-state index contributed by atoms with van der Waals surface area (Å²) in [6.45, 7) is 7.26. The van der Waals surface area contributed by atoms with Crippen molar-refractivity contribution in [1.82, 2.24) is 4.90 Å². The fraction of sp³-hybridized carbons (Fsp3) is 0.300. The maximum Gasteiger partial charge on any atom is 0.0608 e. The molecule has 2 aromatic carbocycles. The quantitative estimate of drug-likeness (QED) is 0.717. The fourth-order valence-corrected chi connectivity index (χ4v) is 2.76. The SMILES string of the molecule is Cc1ccc(C#CCN2CCc3ccccc3C2)cc1C. The minimum atomic E-state index is 0.848. The van der Waals surface area contributed by atoms with Gasteiger partial charge in [0.1, 0.15) is 0 Å². The summed E-state index contributed by atoms with van der Waals surface area (Å²) in [5.74, 6) is 6.62. The Kier molecular flexibility index (Phi) is 4.08. The van der Waals surface area contributed by atoms with Crippen molar-refractivity contribution in [3.63, 3.8) is 0 Å². The van der Waals surface area contributed by atoms with E-state index in [1.165, 1.54) is 22.3 Å². The predicted octanol–water partition coefficient (Wildman–Crippen LogP) is 3.71. The van der Waals surface area contributed by atoms with E-state index in [2.05, 4.69) is 73.1 Å². The van der Waals surface area contributed by atoms with Gasteiger partial charge in [-0.25, -0.2) is 0 Å². The Morgan fingerprint density at radius 1 is 1.00 bits per heavy atom. The number of hydrogen-bond donors (Lipinski definition) is 0. The van der Waals surface area contributed by atoms with Gasteiger partial charge in [0.2, 0.25) is 0 Å². The molecule has 1 aliphatic rings. The van der Waals surface area contributed by atoms with Gasteiger partial charge in [0.05, 0.1) is 6.54 Å². The summed E-state index contributed by atoms with van der Waals surface area (Å²) >= 11 is 0. The Labute approximate surface area is 127 Å². The average molecular weight is 275 g/mol. The summed E-state index contributed by atoms with van der Waals surface area (Å²) in [5.41, 5.74) is 6.71. The maximum absolute atomic E-state index is 3.32. The smallest absolute Gasteiger partial charge is 0.0608 e. The molecular weight excluding hydrogens is 254 g/mol. The molecule has 1 heteroatoms. The zero-order chi connectivity index (χ0) is 14.7. The first-order valence-corrected chi connectivity index (χ1v) is 7.57. The van der Waals surface area contributed by atoms with Gasteiger partial charge < -0.3 is 0 Å². The van der Waals surface area contributed by atoms with Crippen molar-refractivity contribution < 1.29 is 0 Å². The first kappa shape index (κ1) is 13.9. The van der Waals surface area contributed by atoms with Gasteiger partial charge in [0, 0.05) is 18.7 Å². The minimum Gasteiger partial charge on any atom is -0.288 e. The van der Waals surface area contributed by atoms with Crippen LogP contribution >= 0.6 is 0 Å². The summed E-state index contributed by atoms with van der Waals surface area (Å²) in [6, 6.07) is 15.2. The molecular formula is C20H21N. The maximum atomic E-state index is 3.32. The topological polar surface area (TPSA) is 3.24 Å². The first-order valence-electron chi connectivity index (χ1n) is 7.57. The summed E-state index contributed by atoms with van der Waals surface area (Å²) in [6.07, 6.45) is 1.14. The molecule has 0 bridgehead atoms. The number of aryl methyl sites for hydroxylation is 2. The van der Waals surface area contributed by atoms with Crippen molar-refractivity contribution in [1.29, 1.82) is 0 Å². The van der Waals surface area contributed by atoms with Crippen LogP contribution < -0.4 is 0 Å². The normalized spacial score (nSPS) is 14.2. The molecule has 106 valence electrons. The fourth-order valence-electron chi connectivity index (χ4n) is 2.76. The number of benzene rings is 2. The van der Waals surface area contributed by atoms with Crippen molar-refractivity contribution >= 4 is 0 Å². The van der Waals surface area contributed by atoms with Crippen LogP contribution in [-0.4, -0.2) is 18.0 Å². The molecule has 0 spiro atoms. The third kappa shape index (κ3) is 3.35. The van der Waals surface area contributed by atoms with Gasteiger partial charge in [0.15, 0.2) is 0 Å². The monoisotopic (exact) mass is 275 g/mol. The molecule has 1 nitrogen and oxygen atoms in total. The second kappa shape index (κ2) is 6.16. The van der Waals surface area contributed by atoms with Crippen LogP contribution in [0.1, 0.15) is 27.8 Å². The van der Waals surface area contributed by atoms with Crippen molar-refractivity contribution in [3.05, 3.63) is 70.3 Å². The highest BCUT2D eigenvalue weighted by molar-refractivity contribution is 5.40. The van der Waals surface area contributed by atoms with E-state index < -0.39 is 0 Å². The molecule has 1 aliphatic heterocycles.